The van der Waals surface area contributed by atoms with Gasteiger partial charge in [-0.05, 0) is 0 Å². The van der Waals surface area contributed by atoms with E-state index in [0.29, 0.717) is 0 Å². The van der Waals surface area contributed by atoms with Crippen molar-refractivity contribution in [2.24, 2.45) is 0 Å². The zero-order valence-corrected chi connectivity index (χ0v) is 4.68. The van der Waals surface area contributed by atoms with Gasteiger partial charge in [-0.25, -0.2) is 12.3 Å². The smallest absolute Gasteiger partial charge is 0.251 e. The van der Waals surface area contributed by atoms with Gasteiger partial charge >= 0.3 is 15.7 Å². The molecule has 0 fully saturated rings. The first kappa shape index (κ1) is 8.76. The Morgan fingerprint density at radius 2 is 1.33 bits per heavy atom. The standard InChI is InChI=1S/CF6OSi/c2-1(3,4)8-9(5,6)7. The topological polar surface area (TPSA) is 9.23 Å². The molecule has 0 aliphatic heterocycles. The maximum atomic E-state index is 10.7. The normalized spacial score (nSPS) is 14.0. The Balaban J connectivity index is 3.75. The van der Waals surface area contributed by atoms with Crippen LogP contribution in [-0.4, -0.2) is 15.7 Å². The molecule has 0 aliphatic carbocycles. The summed E-state index contributed by atoms with van der Waals surface area (Å²) in [5.74, 6) is 0. The van der Waals surface area contributed by atoms with E-state index < -0.39 is 15.7 Å². The van der Waals surface area contributed by atoms with Crippen molar-refractivity contribution in [3.8, 4) is 0 Å². The van der Waals surface area contributed by atoms with E-state index in [1.807, 2.05) is 0 Å². The lowest BCUT2D eigenvalue weighted by Gasteiger charge is -2.05. The van der Waals surface area contributed by atoms with Crippen molar-refractivity contribution in [3.63, 3.8) is 0 Å². The van der Waals surface area contributed by atoms with Crippen LogP contribution in [0.1, 0.15) is 0 Å². The molecule has 0 saturated carbocycles. The van der Waals surface area contributed by atoms with E-state index in [0.717, 1.165) is 0 Å². The van der Waals surface area contributed by atoms with Crippen LogP contribution in [0.2, 0.25) is 0 Å². The number of halogens is 6. The van der Waals surface area contributed by atoms with Crippen molar-refractivity contribution in [3.05, 3.63) is 0 Å². The lowest BCUT2D eigenvalue weighted by molar-refractivity contribution is -0.293. The van der Waals surface area contributed by atoms with E-state index in [-0.39, 0.29) is 0 Å². The van der Waals surface area contributed by atoms with Crippen LogP contribution < -0.4 is 0 Å². The predicted molar refractivity (Wildman–Crippen MR) is 16.2 cm³/mol. The molecule has 0 aliphatic rings. The molecule has 9 heavy (non-hydrogen) atoms. The molecule has 0 N–H and O–H groups in total. The van der Waals surface area contributed by atoms with Crippen molar-refractivity contribution in [2.45, 2.75) is 6.36 Å². The molecule has 0 amide bonds. The SMILES string of the molecule is FC(F)(F)O[Si](F)(F)F. The largest absolute Gasteiger partial charge is 0.809 e. The monoisotopic (exact) mass is 170 g/mol. The predicted octanol–water partition coefficient (Wildman–Crippen LogP) is 1.87. The van der Waals surface area contributed by atoms with Crippen molar-refractivity contribution in [2.75, 3.05) is 0 Å². The van der Waals surface area contributed by atoms with Gasteiger partial charge in [0.05, 0.1) is 0 Å². The van der Waals surface area contributed by atoms with E-state index in [2.05, 4.69) is 0 Å². The summed E-state index contributed by atoms with van der Waals surface area (Å²) < 4.78 is 65.9. The van der Waals surface area contributed by atoms with Crippen LogP contribution >= 0.6 is 0 Å². The molecule has 0 aromatic carbocycles. The maximum Gasteiger partial charge on any atom is 0.809 e. The summed E-state index contributed by atoms with van der Waals surface area (Å²) in [6, 6.07) is 0. The fourth-order valence-corrected chi connectivity index (χ4v) is 0.394. The third-order valence-corrected chi connectivity index (χ3v) is 0.694. The molecule has 0 spiro atoms. The minimum Gasteiger partial charge on any atom is -0.251 e. The van der Waals surface area contributed by atoms with Crippen LogP contribution in [0.3, 0.4) is 0 Å². The van der Waals surface area contributed by atoms with Gasteiger partial charge in [0, 0.05) is 0 Å². The molecule has 0 atom stereocenters. The Bertz CT molecular complexity index is 78.2. The van der Waals surface area contributed by atoms with Gasteiger partial charge in [-0.1, -0.05) is 0 Å². The van der Waals surface area contributed by atoms with Crippen molar-refractivity contribution < 1.29 is 29.9 Å². The molecule has 0 bridgehead atoms. The van der Waals surface area contributed by atoms with Gasteiger partial charge in [0.15, 0.2) is 0 Å². The van der Waals surface area contributed by atoms with Gasteiger partial charge in [-0.2, -0.15) is 0 Å². The molecule has 0 aromatic rings. The van der Waals surface area contributed by atoms with Crippen LogP contribution in [0.25, 0.3) is 0 Å². The molecule has 0 rings (SSSR count). The van der Waals surface area contributed by atoms with Crippen LogP contribution in [0.5, 0.6) is 0 Å². The molecule has 0 radical (unpaired) electrons. The second kappa shape index (κ2) is 2.18. The second-order valence-electron chi connectivity index (χ2n) is 0.994. The van der Waals surface area contributed by atoms with Crippen LogP contribution in [0.4, 0.5) is 25.5 Å². The van der Waals surface area contributed by atoms with Crippen molar-refractivity contribution >= 4 is 9.32 Å². The number of hydrogen-bond donors (Lipinski definition) is 0. The van der Waals surface area contributed by atoms with Crippen LogP contribution in [-0.2, 0) is 4.43 Å². The molecule has 56 valence electrons. The highest BCUT2D eigenvalue weighted by Crippen LogP contribution is 2.24. The minimum absolute atomic E-state index is 1.76. The first-order chi connectivity index (χ1) is 3.71. The number of alkyl halides is 3. The lowest BCUT2D eigenvalue weighted by Crippen LogP contribution is -2.30. The van der Waals surface area contributed by atoms with Gasteiger partial charge in [-0.15, -0.1) is 13.2 Å². The third kappa shape index (κ3) is 7.76. The molecule has 0 unspecified atom stereocenters. The Morgan fingerprint density at radius 3 is 1.33 bits per heavy atom. The first-order valence-electron chi connectivity index (χ1n) is 1.54. The maximum absolute atomic E-state index is 10.7. The summed E-state index contributed by atoms with van der Waals surface area (Å²) >= 11 is 0. The molecule has 0 saturated heterocycles. The van der Waals surface area contributed by atoms with Gasteiger partial charge in [0.25, 0.3) is 0 Å². The highest BCUT2D eigenvalue weighted by Gasteiger charge is 2.52. The van der Waals surface area contributed by atoms with E-state index in [1.165, 1.54) is 0 Å². The van der Waals surface area contributed by atoms with Gasteiger partial charge in [0.2, 0.25) is 0 Å². The molecule has 0 aromatic heterocycles. The summed E-state index contributed by atoms with van der Waals surface area (Å²) in [4.78, 5) is 0. The van der Waals surface area contributed by atoms with Crippen molar-refractivity contribution in [1.29, 1.82) is 0 Å². The Morgan fingerprint density at radius 1 is 1.00 bits per heavy atom. The molecular weight excluding hydrogens is 170 g/mol. The Hall–Kier alpha value is -0.243. The quantitative estimate of drug-likeness (QED) is 0.331. The van der Waals surface area contributed by atoms with Gasteiger partial charge < -0.3 is 0 Å². The Labute approximate surface area is 46.9 Å². The number of hydrogen-bond acceptors (Lipinski definition) is 1. The minimum atomic E-state index is -6.92. The zero-order chi connectivity index (χ0) is 7.71. The molecule has 0 heterocycles. The van der Waals surface area contributed by atoms with Crippen LogP contribution in [0, 0.1) is 0 Å². The first-order valence-corrected chi connectivity index (χ1v) is 3.08. The average Bonchev–Trinajstić information content (AvgIpc) is 1.14. The average molecular weight is 170 g/mol. The van der Waals surface area contributed by atoms with E-state index in [1.54, 1.807) is 4.43 Å². The van der Waals surface area contributed by atoms with E-state index >= 15 is 0 Å². The fourth-order valence-electron chi connectivity index (χ4n) is 0.131. The second-order valence-corrected chi connectivity index (χ2v) is 2.09. The summed E-state index contributed by atoms with van der Waals surface area (Å²) in [5, 5.41) is 0. The molecule has 8 heteroatoms. The summed E-state index contributed by atoms with van der Waals surface area (Å²) in [7, 11) is -6.92. The van der Waals surface area contributed by atoms with Gasteiger partial charge in [0.1, 0.15) is 0 Å². The fraction of sp³-hybridized carbons (Fsp3) is 1.00. The highest BCUT2D eigenvalue weighted by atomic mass is 28.5. The van der Waals surface area contributed by atoms with Crippen molar-refractivity contribution in [1.82, 2.24) is 0 Å². The molecular formula is CF6OSi. The van der Waals surface area contributed by atoms with E-state index in [4.69, 9.17) is 0 Å². The summed E-state index contributed by atoms with van der Waals surface area (Å²) in [6.45, 7) is 0. The van der Waals surface area contributed by atoms with Gasteiger partial charge in [-0.3, -0.25) is 4.43 Å². The Kier molecular flexibility index (Phi) is 2.12. The number of rotatable bonds is 1. The van der Waals surface area contributed by atoms with E-state index in [9.17, 15) is 25.5 Å². The summed E-state index contributed by atoms with van der Waals surface area (Å²) in [5.41, 5.74) is 0. The zero-order valence-electron chi connectivity index (χ0n) is 3.68. The summed E-state index contributed by atoms with van der Waals surface area (Å²) in [6.07, 6.45) is -5.58. The highest BCUT2D eigenvalue weighted by molar-refractivity contribution is 6.51. The third-order valence-electron chi connectivity index (χ3n) is 0.231. The lowest BCUT2D eigenvalue weighted by atomic mass is 11.4. The molecule has 1 nitrogen and oxygen atoms in total. The van der Waals surface area contributed by atoms with Crippen LogP contribution in [0.15, 0.2) is 0 Å².